The molecule has 4 aliphatic carbocycles. The second-order valence-electron chi connectivity index (χ2n) is 10.4. The van der Waals surface area contributed by atoms with Crippen molar-refractivity contribution >= 4 is 5.78 Å². The molecule has 0 spiro atoms. The summed E-state index contributed by atoms with van der Waals surface area (Å²) in [5.41, 5.74) is 1.93. The van der Waals surface area contributed by atoms with Gasteiger partial charge in [0.1, 0.15) is 5.78 Å². The van der Waals surface area contributed by atoms with Crippen molar-refractivity contribution in [2.24, 2.45) is 34.5 Å². The molecular weight excluding hydrogens is 322 g/mol. The van der Waals surface area contributed by atoms with Gasteiger partial charge in [0.05, 0.1) is 6.10 Å². The Morgan fingerprint density at radius 1 is 1.23 bits per heavy atom. The number of ketones is 1. The molecule has 4 rings (SSSR count). The van der Waals surface area contributed by atoms with Crippen molar-refractivity contribution in [3.8, 4) is 0 Å². The first-order chi connectivity index (χ1) is 12.2. The van der Waals surface area contributed by atoms with Crippen LogP contribution in [-0.2, 0) is 4.79 Å². The van der Waals surface area contributed by atoms with Gasteiger partial charge in [0.25, 0.3) is 0 Å². The molecule has 3 heteroatoms. The fraction of sp³-hybridized carbons (Fsp3) is 0.870. The van der Waals surface area contributed by atoms with E-state index in [0.717, 1.165) is 32.1 Å². The van der Waals surface area contributed by atoms with Crippen molar-refractivity contribution in [2.75, 3.05) is 14.1 Å². The molecule has 0 amide bonds. The second kappa shape index (κ2) is 6.17. The van der Waals surface area contributed by atoms with Gasteiger partial charge in [-0.25, -0.2) is 0 Å². The first-order valence-corrected chi connectivity index (χ1v) is 10.8. The van der Waals surface area contributed by atoms with Gasteiger partial charge in [0.2, 0.25) is 0 Å². The van der Waals surface area contributed by atoms with E-state index in [1.54, 1.807) is 5.57 Å². The highest BCUT2D eigenvalue weighted by Crippen LogP contribution is 2.66. The van der Waals surface area contributed by atoms with E-state index >= 15 is 0 Å². The van der Waals surface area contributed by atoms with Gasteiger partial charge in [-0.2, -0.15) is 0 Å². The zero-order valence-electron chi connectivity index (χ0n) is 17.3. The molecule has 0 aromatic heterocycles. The first-order valence-electron chi connectivity index (χ1n) is 10.8. The summed E-state index contributed by atoms with van der Waals surface area (Å²) in [6.07, 6.45) is 9.54. The van der Waals surface area contributed by atoms with Crippen molar-refractivity contribution in [2.45, 2.75) is 77.9 Å². The maximum Gasteiger partial charge on any atom is 0.136 e. The molecule has 0 saturated heterocycles. The van der Waals surface area contributed by atoms with E-state index in [2.05, 4.69) is 45.8 Å². The molecule has 0 bridgehead atoms. The smallest absolute Gasteiger partial charge is 0.136 e. The molecule has 3 nitrogen and oxygen atoms in total. The van der Waals surface area contributed by atoms with Gasteiger partial charge in [-0.05, 0) is 81.2 Å². The van der Waals surface area contributed by atoms with Crippen LogP contribution in [-0.4, -0.2) is 42.0 Å². The lowest BCUT2D eigenvalue weighted by Crippen LogP contribution is -2.55. The molecule has 0 radical (unpaired) electrons. The first kappa shape index (κ1) is 18.7. The lowest BCUT2D eigenvalue weighted by molar-refractivity contribution is -0.122. The lowest BCUT2D eigenvalue weighted by Gasteiger charge is -2.59. The van der Waals surface area contributed by atoms with Crippen molar-refractivity contribution in [1.29, 1.82) is 0 Å². The maximum absolute atomic E-state index is 12.7. The van der Waals surface area contributed by atoms with Crippen molar-refractivity contribution in [3.05, 3.63) is 11.6 Å². The van der Waals surface area contributed by atoms with Crippen LogP contribution in [0.1, 0.15) is 65.7 Å². The fourth-order valence-corrected chi connectivity index (χ4v) is 7.80. The minimum atomic E-state index is -0.243. The van der Waals surface area contributed by atoms with E-state index in [0.29, 0.717) is 23.5 Å². The zero-order valence-corrected chi connectivity index (χ0v) is 17.3. The van der Waals surface area contributed by atoms with Crippen LogP contribution in [0.4, 0.5) is 0 Å². The molecule has 146 valence electrons. The summed E-state index contributed by atoms with van der Waals surface area (Å²) in [7, 11) is 4.17. The molecule has 0 aromatic carbocycles. The topological polar surface area (TPSA) is 40.5 Å². The lowest BCUT2D eigenvalue weighted by atomic mass is 9.47. The highest BCUT2D eigenvalue weighted by Gasteiger charge is 2.61. The number of nitrogens with zero attached hydrogens (tertiary/aromatic N) is 1. The fourth-order valence-electron chi connectivity index (χ4n) is 7.80. The van der Waals surface area contributed by atoms with Crippen LogP contribution in [0.25, 0.3) is 0 Å². The average molecular weight is 360 g/mol. The minimum absolute atomic E-state index is 0.128. The van der Waals surface area contributed by atoms with Crippen LogP contribution in [0.2, 0.25) is 0 Å². The Labute approximate surface area is 159 Å². The monoisotopic (exact) mass is 359 g/mol. The Balaban J connectivity index is 1.66. The molecule has 1 N–H and O–H groups in total. The molecule has 3 fully saturated rings. The quantitative estimate of drug-likeness (QED) is 0.756. The average Bonchev–Trinajstić information content (AvgIpc) is 2.83. The summed E-state index contributed by atoms with van der Waals surface area (Å²) < 4.78 is 0. The van der Waals surface area contributed by atoms with E-state index in [1.807, 2.05) is 0 Å². The van der Waals surface area contributed by atoms with Gasteiger partial charge in [-0.15, -0.1) is 0 Å². The Bertz CT molecular complexity index is 626. The summed E-state index contributed by atoms with van der Waals surface area (Å²) in [5, 5.41) is 10.9. The van der Waals surface area contributed by atoms with Gasteiger partial charge >= 0.3 is 0 Å². The summed E-state index contributed by atoms with van der Waals surface area (Å²) in [5.74, 6) is 2.63. The van der Waals surface area contributed by atoms with Gasteiger partial charge in [-0.3, -0.25) is 4.79 Å². The number of likely N-dealkylation sites (N-methyl/N-ethyl adjacent to an activating group) is 1. The van der Waals surface area contributed by atoms with Crippen LogP contribution >= 0.6 is 0 Å². The Morgan fingerprint density at radius 2 is 1.96 bits per heavy atom. The number of rotatable bonds is 2. The summed E-state index contributed by atoms with van der Waals surface area (Å²) in [4.78, 5) is 14.9. The molecule has 0 heterocycles. The molecule has 26 heavy (non-hydrogen) atoms. The van der Waals surface area contributed by atoms with E-state index in [9.17, 15) is 9.90 Å². The van der Waals surface area contributed by atoms with E-state index in [1.165, 1.54) is 12.8 Å². The number of aliphatic hydroxyl groups excluding tert-OH is 1. The highest BCUT2D eigenvalue weighted by atomic mass is 16.3. The number of carbonyl (C=O) groups excluding carboxylic acids is 1. The number of Topliss-reactive ketones (excluding diaryl/α,β-unsaturated/α-hetero) is 1. The largest absolute Gasteiger partial charge is 0.391 e. The second-order valence-corrected chi connectivity index (χ2v) is 10.4. The van der Waals surface area contributed by atoms with E-state index in [-0.39, 0.29) is 28.9 Å². The van der Waals surface area contributed by atoms with Crippen LogP contribution in [0.5, 0.6) is 0 Å². The summed E-state index contributed by atoms with van der Waals surface area (Å²) in [6.45, 7) is 7.02. The molecule has 4 aliphatic rings. The predicted octanol–water partition coefficient (Wildman–Crippen LogP) is 4.06. The Kier molecular flexibility index (Phi) is 4.43. The molecule has 0 aliphatic heterocycles. The Morgan fingerprint density at radius 3 is 2.62 bits per heavy atom. The van der Waals surface area contributed by atoms with Crippen LogP contribution in [0.3, 0.4) is 0 Å². The maximum atomic E-state index is 12.7. The predicted molar refractivity (Wildman–Crippen MR) is 105 cm³/mol. The van der Waals surface area contributed by atoms with E-state index in [4.69, 9.17) is 0 Å². The number of hydrogen-bond donors (Lipinski definition) is 1. The number of allylic oxidation sites excluding steroid dienone is 1. The number of fused-ring (bicyclic) bond motifs is 5. The molecule has 0 aromatic rings. The highest BCUT2D eigenvalue weighted by molar-refractivity contribution is 5.84. The number of hydrogen-bond acceptors (Lipinski definition) is 3. The summed E-state index contributed by atoms with van der Waals surface area (Å²) in [6, 6.07) is 0.247. The molecule has 8 atom stereocenters. The SMILES string of the molecule is CCC1C(=O)CC2C3CC=C4CC(N(C)C)C(O)CC4(C)C3CC[C@]12C. The van der Waals surface area contributed by atoms with Crippen LogP contribution < -0.4 is 0 Å². The van der Waals surface area contributed by atoms with Crippen molar-refractivity contribution in [3.63, 3.8) is 0 Å². The van der Waals surface area contributed by atoms with Crippen molar-refractivity contribution in [1.82, 2.24) is 4.90 Å². The standard InChI is InChI=1S/C23H37NO2/c1-6-16-20(25)12-18-15-8-7-14-11-19(24(4)5)21(26)13-23(14,3)17(15)9-10-22(16,18)2/h7,15-19,21,26H,6,8-13H2,1-5H3/t15?,16?,17?,18?,19?,21?,22-,23?/m1/s1. The molecular formula is C23H37NO2. The van der Waals surface area contributed by atoms with Gasteiger partial charge in [-0.1, -0.05) is 32.4 Å². The third-order valence-electron chi connectivity index (χ3n) is 9.25. The summed E-state index contributed by atoms with van der Waals surface area (Å²) >= 11 is 0. The van der Waals surface area contributed by atoms with Gasteiger partial charge in [0, 0.05) is 18.4 Å². The minimum Gasteiger partial charge on any atom is -0.391 e. The van der Waals surface area contributed by atoms with Crippen LogP contribution in [0.15, 0.2) is 11.6 Å². The number of carbonyl (C=O) groups is 1. The third kappa shape index (κ3) is 2.42. The van der Waals surface area contributed by atoms with Crippen LogP contribution in [0, 0.1) is 34.5 Å². The molecule has 3 saturated carbocycles. The molecule has 7 unspecified atom stereocenters. The normalized spacial score (nSPS) is 50.9. The van der Waals surface area contributed by atoms with Crippen molar-refractivity contribution < 1.29 is 9.90 Å². The number of aliphatic hydroxyl groups is 1. The Hall–Kier alpha value is -0.670. The zero-order chi connectivity index (χ0) is 18.9. The van der Waals surface area contributed by atoms with Gasteiger partial charge < -0.3 is 10.0 Å². The van der Waals surface area contributed by atoms with E-state index < -0.39 is 0 Å². The van der Waals surface area contributed by atoms with Gasteiger partial charge in [0.15, 0.2) is 0 Å². The third-order valence-corrected chi connectivity index (χ3v) is 9.25.